The van der Waals surface area contributed by atoms with Gasteiger partial charge < -0.3 is 15.4 Å². The van der Waals surface area contributed by atoms with Crippen molar-refractivity contribution in [3.63, 3.8) is 0 Å². The first kappa shape index (κ1) is 15.3. The topological polar surface area (TPSA) is 50.4 Å². The molecule has 5 heteroatoms. The molecule has 2 rings (SSSR count). The lowest BCUT2D eigenvalue weighted by Gasteiger charge is -2.21. The van der Waals surface area contributed by atoms with Crippen LogP contribution in [0.1, 0.15) is 25.5 Å². The summed E-state index contributed by atoms with van der Waals surface area (Å²) in [6, 6.07) is 7.60. The molecule has 0 aliphatic carbocycles. The molecule has 1 fully saturated rings. The highest BCUT2D eigenvalue weighted by Gasteiger charge is 2.33. The highest BCUT2D eigenvalue weighted by Crippen LogP contribution is 2.19. The zero-order chi connectivity index (χ0) is 14.5. The Morgan fingerprint density at radius 2 is 2.10 bits per heavy atom. The second-order valence-electron chi connectivity index (χ2n) is 5.09. The van der Waals surface area contributed by atoms with Crippen LogP contribution < -0.4 is 10.6 Å². The van der Waals surface area contributed by atoms with Gasteiger partial charge in [0, 0.05) is 11.1 Å². The number of hydrogen-bond donors (Lipinski definition) is 2. The van der Waals surface area contributed by atoms with E-state index in [4.69, 9.17) is 16.3 Å². The summed E-state index contributed by atoms with van der Waals surface area (Å²) in [6.07, 6.45) is 0. The Balaban J connectivity index is 1.95. The second kappa shape index (κ2) is 7.07. The number of ether oxygens (including phenoxy) is 1. The van der Waals surface area contributed by atoms with Crippen molar-refractivity contribution in [2.75, 3.05) is 19.8 Å². The summed E-state index contributed by atoms with van der Waals surface area (Å²) in [4.78, 5) is 12.3. The molecule has 4 nitrogen and oxygen atoms in total. The van der Waals surface area contributed by atoms with Gasteiger partial charge in [-0.1, -0.05) is 30.7 Å². The van der Waals surface area contributed by atoms with Gasteiger partial charge in [-0.15, -0.1) is 0 Å². The van der Waals surface area contributed by atoms with E-state index in [1.165, 1.54) is 0 Å². The van der Waals surface area contributed by atoms with E-state index in [2.05, 4.69) is 10.6 Å². The molecule has 0 spiro atoms. The lowest BCUT2D eigenvalue weighted by atomic mass is 10.0. The molecular weight excluding hydrogens is 276 g/mol. The van der Waals surface area contributed by atoms with Gasteiger partial charge in [0.2, 0.25) is 5.91 Å². The monoisotopic (exact) mass is 296 g/mol. The molecule has 1 aliphatic heterocycles. The molecule has 0 radical (unpaired) electrons. The predicted octanol–water partition coefficient (Wildman–Crippen LogP) is 2.14. The Hall–Kier alpha value is -1.10. The van der Waals surface area contributed by atoms with Crippen molar-refractivity contribution in [3.05, 3.63) is 34.9 Å². The Morgan fingerprint density at radius 3 is 2.75 bits per heavy atom. The molecule has 0 saturated carbocycles. The maximum Gasteiger partial charge on any atom is 0.227 e. The smallest absolute Gasteiger partial charge is 0.227 e. The maximum atomic E-state index is 12.3. The number of likely N-dealkylation sites (N-methyl/N-ethyl adjacent to an activating group) is 1. The van der Waals surface area contributed by atoms with Crippen LogP contribution in [0.25, 0.3) is 0 Å². The SMILES string of the molecule is CCNC1COCC1C(=O)NC(C)c1ccc(Cl)cc1. The summed E-state index contributed by atoms with van der Waals surface area (Å²) in [5.74, 6) is -0.0828. The van der Waals surface area contributed by atoms with E-state index in [1.54, 1.807) is 0 Å². The highest BCUT2D eigenvalue weighted by atomic mass is 35.5. The van der Waals surface area contributed by atoms with Gasteiger partial charge >= 0.3 is 0 Å². The number of halogens is 1. The van der Waals surface area contributed by atoms with E-state index in [9.17, 15) is 4.79 Å². The Kier molecular flexibility index (Phi) is 5.40. The Morgan fingerprint density at radius 1 is 1.40 bits per heavy atom. The van der Waals surface area contributed by atoms with E-state index < -0.39 is 0 Å². The number of rotatable bonds is 5. The van der Waals surface area contributed by atoms with Gasteiger partial charge in [0.1, 0.15) is 0 Å². The molecule has 1 aromatic rings. The largest absolute Gasteiger partial charge is 0.379 e. The maximum absolute atomic E-state index is 12.3. The zero-order valence-electron chi connectivity index (χ0n) is 11.9. The third-order valence-electron chi connectivity index (χ3n) is 3.61. The van der Waals surface area contributed by atoms with Crippen LogP contribution in [-0.2, 0) is 9.53 Å². The van der Waals surface area contributed by atoms with E-state index in [0.29, 0.717) is 18.2 Å². The van der Waals surface area contributed by atoms with E-state index in [0.717, 1.165) is 12.1 Å². The van der Waals surface area contributed by atoms with Gasteiger partial charge in [-0.05, 0) is 31.2 Å². The minimum Gasteiger partial charge on any atom is -0.379 e. The van der Waals surface area contributed by atoms with Crippen LogP contribution in [0.5, 0.6) is 0 Å². The van der Waals surface area contributed by atoms with Crippen LogP contribution in [0.2, 0.25) is 5.02 Å². The lowest BCUT2D eigenvalue weighted by molar-refractivity contribution is -0.126. The molecule has 3 unspecified atom stereocenters. The molecule has 1 amide bonds. The zero-order valence-corrected chi connectivity index (χ0v) is 12.6. The molecule has 1 saturated heterocycles. The molecule has 1 aliphatic rings. The molecular formula is C15H21ClN2O2. The molecule has 2 N–H and O–H groups in total. The van der Waals surface area contributed by atoms with Crippen molar-refractivity contribution in [1.29, 1.82) is 0 Å². The molecule has 1 heterocycles. The van der Waals surface area contributed by atoms with Gasteiger partial charge in [0.05, 0.1) is 25.2 Å². The molecule has 3 atom stereocenters. The Labute approximate surface area is 124 Å². The average Bonchev–Trinajstić information content (AvgIpc) is 2.88. The fraction of sp³-hybridized carbons (Fsp3) is 0.533. The van der Waals surface area contributed by atoms with E-state index in [1.807, 2.05) is 38.1 Å². The first-order valence-electron chi connectivity index (χ1n) is 6.98. The fourth-order valence-corrected chi connectivity index (χ4v) is 2.56. The number of carbonyl (C=O) groups is 1. The molecule has 0 aromatic heterocycles. The Bertz CT molecular complexity index is 450. The molecule has 110 valence electrons. The van der Waals surface area contributed by atoms with Crippen LogP contribution >= 0.6 is 11.6 Å². The van der Waals surface area contributed by atoms with Gasteiger partial charge in [-0.2, -0.15) is 0 Å². The summed E-state index contributed by atoms with van der Waals surface area (Å²) in [5.41, 5.74) is 1.04. The van der Waals surface area contributed by atoms with E-state index in [-0.39, 0.29) is 23.9 Å². The number of nitrogens with one attached hydrogen (secondary N) is 2. The first-order valence-corrected chi connectivity index (χ1v) is 7.36. The molecule has 0 bridgehead atoms. The summed E-state index contributed by atoms with van der Waals surface area (Å²) < 4.78 is 5.41. The standard InChI is InChI=1S/C15H21ClN2O2/c1-3-17-14-9-20-8-13(14)15(19)18-10(2)11-4-6-12(16)7-5-11/h4-7,10,13-14,17H,3,8-9H2,1-2H3,(H,18,19). The summed E-state index contributed by atoms with van der Waals surface area (Å²) in [7, 11) is 0. The first-order chi connectivity index (χ1) is 9.61. The van der Waals surface area contributed by atoms with Gasteiger partial charge in [-0.3, -0.25) is 4.79 Å². The second-order valence-corrected chi connectivity index (χ2v) is 5.53. The van der Waals surface area contributed by atoms with E-state index >= 15 is 0 Å². The summed E-state index contributed by atoms with van der Waals surface area (Å²) in [5, 5.41) is 7.03. The normalized spacial score (nSPS) is 23.6. The third kappa shape index (κ3) is 3.72. The van der Waals surface area contributed by atoms with Crippen molar-refractivity contribution < 1.29 is 9.53 Å². The van der Waals surface area contributed by atoms with Crippen molar-refractivity contribution in [1.82, 2.24) is 10.6 Å². The minimum atomic E-state index is -0.121. The highest BCUT2D eigenvalue weighted by molar-refractivity contribution is 6.30. The lowest BCUT2D eigenvalue weighted by Crippen LogP contribution is -2.44. The van der Waals surface area contributed by atoms with Gasteiger partial charge in [0.25, 0.3) is 0 Å². The molecule has 1 aromatic carbocycles. The van der Waals surface area contributed by atoms with Crippen LogP contribution in [0.3, 0.4) is 0 Å². The van der Waals surface area contributed by atoms with Crippen molar-refractivity contribution >= 4 is 17.5 Å². The van der Waals surface area contributed by atoms with Crippen molar-refractivity contribution in [2.24, 2.45) is 5.92 Å². The molecule has 20 heavy (non-hydrogen) atoms. The number of carbonyl (C=O) groups excluding carboxylic acids is 1. The van der Waals surface area contributed by atoms with Crippen LogP contribution in [-0.4, -0.2) is 31.7 Å². The third-order valence-corrected chi connectivity index (χ3v) is 3.86. The average molecular weight is 297 g/mol. The number of hydrogen-bond acceptors (Lipinski definition) is 3. The minimum absolute atomic E-state index is 0.0379. The quantitative estimate of drug-likeness (QED) is 0.875. The van der Waals surface area contributed by atoms with Gasteiger partial charge in [0.15, 0.2) is 0 Å². The van der Waals surface area contributed by atoms with Crippen molar-refractivity contribution in [2.45, 2.75) is 25.9 Å². The summed E-state index contributed by atoms with van der Waals surface area (Å²) >= 11 is 5.87. The van der Waals surface area contributed by atoms with Crippen LogP contribution in [0.15, 0.2) is 24.3 Å². The van der Waals surface area contributed by atoms with Gasteiger partial charge in [-0.25, -0.2) is 0 Å². The summed E-state index contributed by atoms with van der Waals surface area (Å²) in [6.45, 7) is 5.92. The fourth-order valence-electron chi connectivity index (χ4n) is 2.43. The predicted molar refractivity (Wildman–Crippen MR) is 79.8 cm³/mol. The van der Waals surface area contributed by atoms with Crippen LogP contribution in [0, 0.1) is 5.92 Å². The van der Waals surface area contributed by atoms with Crippen LogP contribution in [0.4, 0.5) is 0 Å². The number of benzene rings is 1. The number of amides is 1. The van der Waals surface area contributed by atoms with Crippen molar-refractivity contribution in [3.8, 4) is 0 Å².